The summed E-state index contributed by atoms with van der Waals surface area (Å²) in [6.45, 7) is 13.4. The van der Waals surface area contributed by atoms with Gasteiger partial charge in [-0.25, -0.2) is 0 Å². The number of likely N-dealkylation sites (tertiary alicyclic amines) is 1. The summed E-state index contributed by atoms with van der Waals surface area (Å²) in [5.74, 6) is 0.705. The molecule has 1 N–H and O–H groups in total. The van der Waals surface area contributed by atoms with E-state index in [0.29, 0.717) is 18.0 Å². The van der Waals surface area contributed by atoms with E-state index in [0.717, 1.165) is 19.7 Å². The van der Waals surface area contributed by atoms with Gasteiger partial charge in [0.1, 0.15) is 0 Å². The first-order valence-corrected chi connectivity index (χ1v) is 8.22. The highest BCUT2D eigenvalue weighted by Gasteiger charge is 2.26. The van der Waals surface area contributed by atoms with Gasteiger partial charge in [0.25, 0.3) is 0 Å². The van der Waals surface area contributed by atoms with E-state index >= 15 is 0 Å². The van der Waals surface area contributed by atoms with Crippen LogP contribution in [-0.2, 0) is 4.74 Å². The van der Waals surface area contributed by atoms with Crippen LogP contribution < -0.4 is 5.32 Å². The van der Waals surface area contributed by atoms with Crippen LogP contribution in [0.5, 0.6) is 0 Å². The molecule has 0 saturated carbocycles. The summed E-state index contributed by atoms with van der Waals surface area (Å²) in [5, 5.41) is 3.58. The van der Waals surface area contributed by atoms with Gasteiger partial charge in [0.15, 0.2) is 0 Å². The van der Waals surface area contributed by atoms with Crippen LogP contribution in [0.1, 0.15) is 33.6 Å². The van der Waals surface area contributed by atoms with E-state index in [9.17, 15) is 0 Å². The normalized spacial score (nSPS) is 19.9. The number of hydrogen-bond donors (Lipinski definition) is 1. The van der Waals surface area contributed by atoms with Crippen molar-refractivity contribution in [3.05, 3.63) is 0 Å². The molecule has 4 heteroatoms. The van der Waals surface area contributed by atoms with Gasteiger partial charge >= 0.3 is 0 Å². The molecular formula is C16H35N3O. The zero-order valence-corrected chi connectivity index (χ0v) is 14.2. The Morgan fingerprint density at radius 2 is 1.90 bits per heavy atom. The van der Waals surface area contributed by atoms with Crippen molar-refractivity contribution in [2.45, 2.75) is 45.7 Å². The van der Waals surface area contributed by atoms with Gasteiger partial charge in [-0.3, -0.25) is 4.90 Å². The smallest absolute Gasteiger partial charge is 0.0630 e. The molecule has 0 spiro atoms. The van der Waals surface area contributed by atoms with Crippen molar-refractivity contribution in [1.82, 2.24) is 15.1 Å². The van der Waals surface area contributed by atoms with Gasteiger partial charge in [-0.15, -0.1) is 0 Å². The number of hydrogen-bond acceptors (Lipinski definition) is 4. The number of likely N-dealkylation sites (N-methyl/N-ethyl adjacent to an activating group) is 1. The number of piperidine rings is 1. The lowest BCUT2D eigenvalue weighted by Gasteiger charge is -2.40. The molecule has 1 fully saturated rings. The second kappa shape index (κ2) is 9.72. The monoisotopic (exact) mass is 285 g/mol. The first-order chi connectivity index (χ1) is 9.58. The van der Waals surface area contributed by atoms with Crippen molar-refractivity contribution in [3.63, 3.8) is 0 Å². The Kier molecular flexibility index (Phi) is 8.69. The SMILES string of the molecule is CCN1CCC(N(C)C(CNCC(C)C)COC)CC1. The summed E-state index contributed by atoms with van der Waals surface area (Å²) in [7, 11) is 4.08. The highest BCUT2D eigenvalue weighted by molar-refractivity contribution is 4.83. The lowest BCUT2D eigenvalue weighted by molar-refractivity contribution is 0.0519. The average Bonchev–Trinajstić information content (AvgIpc) is 2.45. The van der Waals surface area contributed by atoms with E-state index in [1.807, 2.05) is 7.11 Å². The minimum absolute atomic E-state index is 0.483. The summed E-state index contributed by atoms with van der Waals surface area (Å²) in [4.78, 5) is 5.09. The number of nitrogens with one attached hydrogen (secondary N) is 1. The molecule has 0 aromatic rings. The number of nitrogens with zero attached hydrogens (tertiary/aromatic N) is 2. The van der Waals surface area contributed by atoms with Crippen LogP contribution >= 0.6 is 0 Å². The predicted octanol–water partition coefficient (Wildman–Crippen LogP) is 1.66. The minimum Gasteiger partial charge on any atom is -0.383 e. The van der Waals surface area contributed by atoms with Crippen LogP contribution in [0.3, 0.4) is 0 Å². The summed E-state index contributed by atoms with van der Waals surface area (Å²) < 4.78 is 5.42. The molecule has 0 aromatic heterocycles. The molecule has 1 saturated heterocycles. The molecule has 0 aliphatic carbocycles. The Balaban J connectivity index is 2.40. The number of ether oxygens (including phenoxy) is 1. The lowest BCUT2D eigenvalue weighted by atomic mass is 10.0. The van der Waals surface area contributed by atoms with Crippen LogP contribution in [0.25, 0.3) is 0 Å². The first kappa shape index (κ1) is 17.9. The lowest BCUT2D eigenvalue weighted by Crippen LogP contribution is -2.51. The zero-order chi connectivity index (χ0) is 15.0. The molecule has 20 heavy (non-hydrogen) atoms. The fourth-order valence-electron chi connectivity index (χ4n) is 2.99. The molecule has 1 atom stereocenters. The highest BCUT2D eigenvalue weighted by atomic mass is 16.5. The zero-order valence-electron chi connectivity index (χ0n) is 14.2. The van der Waals surface area contributed by atoms with E-state index in [1.54, 1.807) is 0 Å². The van der Waals surface area contributed by atoms with Crippen LogP contribution in [0.2, 0.25) is 0 Å². The standard InChI is InChI=1S/C16H35N3O/c1-6-19-9-7-15(8-10-19)18(4)16(13-20-5)12-17-11-14(2)3/h14-17H,6-13H2,1-5H3. The highest BCUT2D eigenvalue weighted by Crippen LogP contribution is 2.17. The largest absolute Gasteiger partial charge is 0.383 e. The summed E-state index contributed by atoms with van der Waals surface area (Å²) in [6, 6.07) is 1.19. The van der Waals surface area contributed by atoms with Crippen LogP contribution in [-0.4, -0.2) is 75.4 Å². The molecule has 1 aliphatic rings. The molecule has 1 rings (SSSR count). The van der Waals surface area contributed by atoms with Gasteiger partial charge in [0, 0.05) is 25.7 Å². The third kappa shape index (κ3) is 6.08. The molecule has 1 heterocycles. The van der Waals surface area contributed by atoms with E-state index in [4.69, 9.17) is 4.74 Å². The molecule has 0 aromatic carbocycles. The maximum Gasteiger partial charge on any atom is 0.0630 e. The van der Waals surface area contributed by atoms with Crippen molar-refractivity contribution in [2.75, 3.05) is 53.5 Å². The molecule has 0 bridgehead atoms. The van der Waals surface area contributed by atoms with Crippen molar-refractivity contribution < 1.29 is 4.74 Å². The van der Waals surface area contributed by atoms with Crippen molar-refractivity contribution in [2.24, 2.45) is 5.92 Å². The number of methoxy groups -OCH3 is 1. The van der Waals surface area contributed by atoms with Crippen molar-refractivity contribution in [1.29, 1.82) is 0 Å². The Labute approximate surface area is 125 Å². The number of rotatable bonds is 9. The molecule has 1 aliphatic heterocycles. The third-order valence-electron chi connectivity index (χ3n) is 4.45. The fourth-order valence-corrected chi connectivity index (χ4v) is 2.99. The average molecular weight is 285 g/mol. The molecule has 4 nitrogen and oxygen atoms in total. The van der Waals surface area contributed by atoms with Gasteiger partial charge in [-0.1, -0.05) is 20.8 Å². The first-order valence-electron chi connectivity index (χ1n) is 8.22. The predicted molar refractivity (Wildman–Crippen MR) is 86.3 cm³/mol. The van der Waals surface area contributed by atoms with Crippen molar-refractivity contribution >= 4 is 0 Å². The second-order valence-electron chi connectivity index (χ2n) is 6.49. The van der Waals surface area contributed by atoms with E-state index in [1.165, 1.54) is 32.5 Å². The molecule has 120 valence electrons. The molecule has 0 radical (unpaired) electrons. The van der Waals surface area contributed by atoms with Crippen LogP contribution in [0.4, 0.5) is 0 Å². The fraction of sp³-hybridized carbons (Fsp3) is 1.00. The van der Waals surface area contributed by atoms with Crippen molar-refractivity contribution in [3.8, 4) is 0 Å². The molecule has 0 amide bonds. The Bertz CT molecular complexity index is 240. The van der Waals surface area contributed by atoms with Gasteiger partial charge in [-0.05, 0) is 52.0 Å². The topological polar surface area (TPSA) is 27.7 Å². The summed E-state index contributed by atoms with van der Waals surface area (Å²) in [6.07, 6.45) is 2.57. The summed E-state index contributed by atoms with van der Waals surface area (Å²) in [5.41, 5.74) is 0. The van der Waals surface area contributed by atoms with E-state index in [-0.39, 0.29) is 0 Å². The Morgan fingerprint density at radius 3 is 2.40 bits per heavy atom. The Hall–Kier alpha value is -0.160. The molecule has 1 unspecified atom stereocenters. The van der Waals surface area contributed by atoms with Crippen LogP contribution in [0.15, 0.2) is 0 Å². The van der Waals surface area contributed by atoms with E-state index in [2.05, 4.69) is 42.9 Å². The van der Waals surface area contributed by atoms with Crippen LogP contribution in [0, 0.1) is 5.92 Å². The van der Waals surface area contributed by atoms with Gasteiger partial charge < -0.3 is 15.0 Å². The second-order valence-corrected chi connectivity index (χ2v) is 6.49. The molecular weight excluding hydrogens is 250 g/mol. The quantitative estimate of drug-likeness (QED) is 0.697. The van der Waals surface area contributed by atoms with E-state index < -0.39 is 0 Å². The Morgan fingerprint density at radius 1 is 1.25 bits per heavy atom. The maximum atomic E-state index is 5.42. The summed E-state index contributed by atoms with van der Waals surface area (Å²) >= 11 is 0. The minimum atomic E-state index is 0.483. The van der Waals surface area contributed by atoms with Gasteiger partial charge in [-0.2, -0.15) is 0 Å². The van der Waals surface area contributed by atoms with Gasteiger partial charge in [0.2, 0.25) is 0 Å². The third-order valence-corrected chi connectivity index (χ3v) is 4.45. The van der Waals surface area contributed by atoms with Gasteiger partial charge in [0.05, 0.1) is 6.61 Å². The maximum absolute atomic E-state index is 5.42.